The van der Waals surface area contributed by atoms with Crippen LogP contribution in [0.3, 0.4) is 0 Å². The fraction of sp³-hybridized carbons (Fsp3) is 0.350. The summed E-state index contributed by atoms with van der Waals surface area (Å²) in [5, 5.41) is 3.42. The van der Waals surface area contributed by atoms with Crippen LogP contribution in [0.15, 0.2) is 42.5 Å². The van der Waals surface area contributed by atoms with Crippen LogP contribution in [0.4, 0.5) is 5.69 Å². The van der Waals surface area contributed by atoms with Crippen LogP contribution in [0.1, 0.15) is 34.3 Å². The van der Waals surface area contributed by atoms with E-state index >= 15 is 0 Å². The normalized spacial score (nSPS) is 16.7. The van der Waals surface area contributed by atoms with Crippen LogP contribution in [0, 0.1) is 12.8 Å². The molecule has 1 aliphatic rings. The van der Waals surface area contributed by atoms with Crippen LogP contribution in [0.2, 0.25) is 0 Å². The fourth-order valence-electron chi connectivity index (χ4n) is 3.05. The van der Waals surface area contributed by atoms with Crippen molar-refractivity contribution in [3.8, 4) is 5.75 Å². The lowest BCUT2D eigenvalue weighted by Gasteiger charge is -2.13. The number of nitrogens with one attached hydrogen (secondary N) is 1. The van der Waals surface area contributed by atoms with E-state index in [-0.39, 0.29) is 0 Å². The molecule has 1 aliphatic heterocycles. The zero-order valence-corrected chi connectivity index (χ0v) is 13.5. The maximum atomic E-state index is 10.9. The topological polar surface area (TPSA) is 38.3 Å². The third kappa shape index (κ3) is 4.13. The Morgan fingerprint density at radius 2 is 2.17 bits per heavy atom. The van der Waals surface area contributed by atoms with Crippen molar-refractivity contribution in [3.63, 3.8) is 0 Å². The van der Waals surface area contributed by atoms with Crippen molar-refractivity contribution in [2.45, 2.75) is 26.2 Å². The lowest BCUT2D eigenvalue weighted by Crippen LogP contribution is -2.18. The molecular formula is C20H23NO2. The number of rotatable bonds is 5. The number of hydrogen-bond donors (Lipinski definition) is 1. The second kappa shape index (κ2) is 7.32. The number of ether oxygens (including phenoxy) is 1. The van der Waals surface area contributed by atoms with Crippen molar-refractivity contribution in [1.82, 2.24) is 0 Å². The standard InChI is InChI=1S/C20H23NO2/c1-15-4-2-5-16(10-15)6-3-7-18-12-21-19-11-17(13-22)8-9-20(19)23-14-18/h2,4-5,8-11,13,18,21H,3,6-7,12,14H2,1H3. The Bertz CT molecular complexity index is 681. The van der Waals surface area contributed by atoms with Gasteiger partial charge in [-0.15, -0.1) is 0 Å². The summed E-state index contributed by atoms with van der Waals surface area (Å²) in [7, 11) is 0. The molecule has 0 amide bonds. The zero-order chi connectivity index (χ0) is 16.1. The molecule has 3 nitrogen and oxygen atoms in total. The summed E-state index contributed by atoms with van der Waals surface area (Å²) in [6, 6.07) is 14.3. The quantitative estimate of drug-likeness (QED) is 0.839. The minimum Gasteiger partial charge on any atom is -0.491 e. The highest BCUT2D eigenvalue weighted by Gasteiger charge is 2.16. The van der Waals surface area contributed by atoms with E-state index in [1.165, 1.54) is 11.1 Å². The van der Waals surface area contributed by atoms with Gasteiger partial charge in [0, 0.05) is 18.0 Å². The number of aldehydes is 1. The molecule has 1 N–H and O–H groups in total. The summed E-state index contributed by atoms with van der Waals surface area (Å²) in [5.74, 6) is 1.34. The van der Waals surface area contributed by atoms with Gasteiger partial charge < -0.3 is 10.1 Å². The highest BCUT2D eigenvalue weighted by Crippen LogP contribution is 2.29. The molecule has 0 fully saturated rings. The first-order valence-corrected chi connectivity index (χ1v) is 8.26. The van der Waals surface area contributed by atoms with Crippen LogP contribution >= 0.6 is 0 Å². The Labute approximate surface area is 137 Å². The first kappa shape index (κ1) is 15.6. The van der Waals surface area contributed by atoms with Gasteiger partial charge in [-0.2, -0.15) is 0 Å². The second-order valence-corrected chi connectivity index (χ2v) is 6.31. The number of carbonyl (C=O) groups is 1. The molecule has 120 valence electrons. The molecule has 23 heavy (non-hydrogen) atoms. The van der Waals surface area contributed by atoms with E-state index in [4.69, 9.17) is 4.74 Å². The molecule has 0 saturated heterocycles. The van der Waals surface area contributed by atoms with E-state index in [1.54, 1.807) is 6.07 Å². The van der Waals surface area contributed by atoms with Crippen molar-refractivity contribution in [2.24, 2.45) is 5.92 Å². The number of benzene rings is 2. The zero-order valence-electron chi connectivity index (χ0n) is 13.5. The average Bonchev–Trinajstić information content (AvgIpc) is 2.77. The van der Waals surface area contributed by atoms with Gasteiger partial charge in [0.05, 0.1) is 12.3 Å². The number of aryl methyl sites for hydroxylation is 2. The van der Waals surface area contributed by atoms with Crippen molar-refractivity contribution in [1.29, 1.82) is 0 Å². The van der Waals surface area contributed by atoms with Gasteiger partial charge in [-0.1, -0.05) is 29.8 Å². The summed E-state index contributed by atoms with van der Waals surface area (Å²) < 4.78 is 5.90. The van der Waals surface area contributed by atoms with Crippen LogP contribution in [0.5, 0.6) is 5.75 Å². The van der Waals surface area contributed by atoms with Gasteiger partial charge >= 0.3 is 0 Å². The van der Waals surface area contributed by atoms with Gasteiger partial charge in [0.2, 0.25) is 0 Å². The number of anilines is 1. The molecule has 1 atom stereocenters. The minimum absolute atomic E-state index is 0.492. The first-order chi connectivity index (χ1) is 11.2. The molecule has 3 rings (SSSR count). The van der Waals surface area contributed by atoms with Gasteiger partial charge in [0.15, 0.2) is 0 Å². The van der Waals surface area contributed by atoms with Crippen molar-refractivity contribution in [2.75, 3.05) is 18.5 Å². The highest BCUT2D eigenvalue weighted by atomic mass is 16.5. The first-order valence-electron chi connectivity index (χ1n) is 8.26. The summed E-state index contributed by atoms with van der Waals surface area (Å²) in [4.78, 5) is 10.9. The van der Waals surface area contributed by atoms with Gasteiger partial charge in [0.1, 0.15) is 12.0 Å². The molecule has 2 aromatic carbocycles. The molecule has 0 spiro atoms. The summed E-state index contributed by atoms with van der Waals surface area (Å²) in [6.45, 7) is 3.76. The van der Waals surface area contributed by atoms with Crippen LogP contribution in [0.25, 0.3) is 0 Å². The molecule has 0 aromatic heterocycles. The predicted molar refractivity (Wildman–Crippen MR) is 93.4 cm³/mol. The van der Waals surface area contributed by atoms with Crippen molar-refractivity contribution >= 4 is 12.0 Å². The molecule has 0 radical (unpaired) electrons. The van der Waals surface area contributed by atoms with E-state index in [2.05, 4.69) is 36.5 Å². The largest absolute Gasteiger partial charge is 0.491 e. The van der Waals surface area contributed by atoms with Gasteiger partial charge in [-0.05, 0) is 49.9 Å². The van der Waals surface area contributed by atoms with E-state index in [1.807, 2.05) is 12.1 Å². The fourth-order valence-corrected chi connectivity index (χ4v) is 3.05. The van der Waals surface area contributed by atoms with Gasteiger partial charge in [-0.25, -0.2) is 0 Å². The van der Waals surface area contributed by atoms with E-state index < -0.39 is 0 Å². The summed E-state index contributed by atoms with van der Waals surface area (Å²) >= 11 is 0. The Morgan fingerprint density at radius 3 is 3.00 bits per heavy atom. The second-order valence-electron chi connectivity index (χ2n) is 6.31. The maximum Gasteiger partial charge on any atom is 0.150 e. The van der Waals surface area contributed by atoms with Crippen LogP contribution in [-0.4, -0.2) is 19.4 Å². The summed E-state index contributed by atoms with van der Waals surface area (Å²) in [5.41, 5.74) is 4.34. The number of carbonyl (C=O) groups excluding carboxylic acids is 1. The summed E-state index contributed by atoms with van der Waals surface area (Å²) in [6.07, 6.45) is 4.27. The molecule has 0 aliphatic carbocycles. The number of fused-ring (bicyclic) bond motifs is 1. The van der Waals surface area contributed by atoms with E-state index in [0.29, 0.717) is 11.5 Å². The molecule has 0 bridgehead atoms. The monoisotopic (exact) mass is 309 g/mol. The lowest BCUT2D eigenvalue weighted by atomic mass is 9.99. The van der Waals surface area contributed by atoms with Crippen LogP contribution in [-0.2, 0) is 6.42 Å². The maximum absolute atomic E-state index is 10.9. The predicted octanol–water partition coefficient (Wildman–Crippen LogP) is 4.25. The van der Waals surface area contributed by atoms with Gasteiger partial charge in [-0.3, -0.25) is 4.79 Å². The van der Waals surface area contributed by atoms with E-state index in [0.717, 1.165) is 50.1 Å². The molecule has 1 unspecified atom stereocenters. The Balaban J connectivity index is 1.52. The van der Waals surface area contributed by atoms with E-state index in [9.17, 15) is 4.79 Å². The molecule has 3 heteroatoms. The van der Waals surface area contributed by atoms with Gasteiger partial charge in [0.25, 0.3) is 0 Å². The molecular weight excluding hydrogens is 286 g/mol. The SMILES string of the molecule is Cc1cccc(CCCC2CNc3cc(C=O)ccc3OC2)c1. The third-order valence-corrected chi connectivity index (χ3v) is 4.36. The Hall–Kier alpha value is -2.29. The van der Waals surface area contributed by atoms with Crippen LogP contribution < -0.4 is 10.1 Å². The Morgan fingerprint density at radius 1 is 1.26 bits per heavy atom. The molecule has 2 aromatic rings. The van der Waals surface area contributed by atoms with Crippen molar-refractivity contribution < 1.29 is 9.53 Å². The smallest absolute Gasteiger partial charge is 0.150 e. The highest BCUT2D eigenvalue weighted by molar-refractivity contribution is 5.78. The third-order valence-electron chi connectivity index (χ3n) is 4.36. The molecule has 0 saturated carbocycles. The minimum atomic E-state index is 0.492. The molecule has 1 heterocycles. The van der Waals surface area contributed by atoms with Crippen molar-refractivity contribution in [3.05, 3.63) is 59.2 Å². The Kier molecular flexibility index (Phi) is 4.96. The lowest BCUT2D eigenvalue weighted by molar-refractivity contribution is 0.112. The number of hydrogen-bond acceptors (Lipinski definition) is 3. The average molecular weight is 309 g/mol.